The van der Waals surface area contributed by atoms with Crippen molar-refractivity contribution >= 4 is 27.0 Å². The van der Waals surface area contributed by atoms with Gasteiger partial charge in [0.15, 0.2) is 0 Å². The largest absolute Gasteiger partial charge is 0.375 e. The molecular formula is C19H20N2O5S. The maximum Gasteiger partial charge on any atom is 0.350 e. The number of fused-ring (bicyclic) bond motifs is 1. The molecule has 0 amide bonds. The van der Waals surface area contributed by atoms with E-state index >= 15 is 0 Å². The molecule has 0 aliphatic rings. The SMILES string of the molecule is COCC(=O)n1c(=O)n(S(=O)(=O)c2c(C)cc(C)cc2C)c2ccccc21. The number of para-hydroxylation sites is 2. The molecule has 0 unspecified atom stereocenters. The van der Waals surface area contributed by atoms with E-state index in [9.17, 15) is 18.0 Å². The summed E-state index contributed by atoms with van der Waals surface area (Å²) in [7, 11) is -2.88. The Balaban J connectivity index is 2.41. The van der Waals surface area contributed by atoms with Gasteiger partial charge in [-0.3, -0.25) is 4.79 Å². The van der Waals surface area contributed by atoms with Crippen LogP contribution < -0.4 is 5.69 Å². The summed E-state index contributed by atoms with van der Waals surface area (Å²) in [4.78, 5) is 25.4. The van der Waals surface area contributed by atoms with Crippen molar-refractivity contribution in [1.29, 1.82) is 0 Å². The van der Waals surface area contributed by atoms with Gasteiger partial charge in [0, 0.05) is 7.11 Å². The molecule has 0 radical (unpaired) electrons. The Morgan fingerprint density at radius 1 is 1.04 bits per heavy atom. The maximum atomic E-state index is 13.4. The third-order valence-corrected chi connectivity index (χ3v) is 6.32. The molecule has 0 aliphatic carbocycles. The van der Waals surface area contributed by atoms with E-state index in [1.807, 2.05) is 6.92 Å². The van der Waals surface area contributed by atoms with E-state index in [1.54, 1.807) is 38.1 Å². The zero-order valence-corrected chi connectivity index (χ0v) is 16.3. The molecule has 0 fully saturated rings. The second-order valence-corrected chi connectivity index (χ2v) is 8.15. The van der Waals surface area contributed by atoms with Crippen molar-refractivity contribution in [2.24, 2.45) is 0 Å². The first kappa shape index (κ1) is 19.1. The van der Waals surface area contributed by atoms with Gasteiger partial charge in [0.25, 0.3) is 15.9 Å². The Labute approximate surface area is 156 Å². The van der Waals surface area contributed by atoms with E-state index in [2.05, 4.69) is 0 Å². The van der Waals surface area contributed by atoms with Crippen LogP contribution in [-0.4, -0.2) is 36.6 Å². The van der Waals surface area contributed by atoms with Crippen LogP contribution in [0.4, 0.5) is 0 Å². The van der Waals surface area contributed by atoms with Crippen molar-refractivity contribution in [2.75, 3.05) is 13.7 Å². The van der Waals surface area contributed by atoms with Gasteiger partial charge >= 0.3 is 5.69 Å². The topological polar surface area (TPSA) is 87.4 Å². The van der Waals surface area contributed by atoms with Crippen LogP contribution in [0.2, 0.25) is 0 Å². The van der Waals surface area contributed by atoms with Crippen LogP contribution in [0.15, 0.2) is 46.1 Å². The summed E-state index contributed by atoms with van der Waals surface area (Å²) in [6, 6.07) is 9.79. The number of imidazole rings is 1. The molecule has 3 aromatic rings. The summed E-state index contributed by atoms with van der Waals surface area (Å²) in [5.41, 5.74) is 1.44. The number of aromatic nitrogens is 2. The van der Waals surface area contributed by atoms with Crippen molar-refractivity contribution in [3.05, 3.63) is 63.6 Å². The molecule has 3 rings (SSSR count). The van der Waals surface area contributed by atoms with E-state index in [1.165, 1.54) is 19.2 Å². The predicted molar refractivity (Wildman–Crippen MR) is 102 cm³/mol. The lowest BCUT2D eigenvalue weighted by atomic mass is 10.1. The highest BCUT2D eigenvalue weighted by Gasteiger charge is 2.29. The monoisotopic (exact) mass is 388 g/mol. The van der Waals surface area contributed by atoms with Gasteiger partial charge in [-0.1, -0.05) is 29.8 Å². The number of hydrogen-bond donors (Lipinski definition) is 0. The minimum atomic E-state index is -4.21. The summed E-state index contributed by atoms with van der Waals surface area (Å²) in [6.45, 7) is 4.91. The Bertz CT molecular complexity index is 1200. The highest BCUT2D eigenvalue weighted by Crippen LogP contribution is 2.26. The lowest BCUT2D eigenvalue weighted by molar-refractivity contribution is 0.0763. The molecule has 2 aromatic carbocycles. The highest BCUT2D eigenvalue weighted by molar-refractivity contribution is 7.90. The van der Waals surface area contributed by atoms with Crippen molar-refractivity contribution in [3.8, 4) is 0 Å². The predicted octanol–water partition coefficient (Wildman–Crippen LogP) is 2.25. The summed E-state index contributed by atoms with van der Waals surface area (Å²) in [5, 5.41) is 0. The summed E-state index contributed by atoms with van der Waals surface area (Å²) in [6.07, 6.45) is 0. The fourth-order valence-electron chi connectivity index (χ4n) is 3.45. The van der Waals surface area contributed by atoms with Gasteiger partial charge in [0.1, 0.15) is 6.61 Å². The summed E-state index contributed by atoms with van der Waals surface area (Å²) in [5.74, 6) is -0.634. The number of carbonyl (C=O) groups excluding carboxylic acids is 1. The number of carbonyl (C=O) groups is 1. The lowest BCUT2D eigenvalue weighted by Crippen LogP contribution is -2.34. The van der Waals surface area contributed by atoms with Crippen LogP contribution in [0.5, 0.6) is 0 Å². The molecule has 8 heteroatoms. The Morgan fingerprint density at radius 2 is 1.59 bits per heavy atom. The van der Waals surface area contributed by atoms with Gasteiger partial charge in [-0.2, -0.15) is 3.97 Å². The molecular weight excluding hydrogens is 368 g/mol. The molecule has 0 aliphatic heterocycles. The van der Waals surface area contributed by atoms with Gasteiger partial charge in [-0.25, -0.2) is 17.8 Å². The van der Waals surface area contributed by atoms with E-state index in [0.29, 0.717) is 15.1 Å². The van der Waals surface area contributed by atoms with Crippen LogP contribution in [0.1, 0.15) is 21.5 Å². The minimum absolute atomic E-state index is 0.0669. The van der Waals surface area contributed by atoms with Crippen LogP contribution in [-0.2, 0) is 14.8 Å². The van der Waals surface area contributed by atoms with Gasteiger partial charge in [0.2, 0.25) is 0 Å². The van der Waals surface area contributed by atoms with Gasteiger partial charge in [-0.15, -0.1) is 0 Å². The molecule has 0 N–H and O–H groups in total. The van der Waals surface area contributed by atoms with E-state index in [4.69, 9.17) is 4.74 Å². The third kappa shape index (κ3) is 3.00. The molecule has 0 saturated carbocycles. The Hall–Kier alpha value is -2.71. The quantitative estimate of drug-likeness (QED) is 0.684. The second kappa shape index (κ2) is 6.79. The average molecular weight is 388 g/mol. The molecule has 0 bridgehead atoms. The second-order valence-electron chi connectivity index (χ2n) is 6.43. The fourth-order valence-corrected chi connectivity index (χ4v) is 5.26. The lowest BCUT2D eigenvalue weighted by Gasteiger charge is -2.12. The van der Waals surface area contributed by atoms with Gasteiger partial charge in [0.05, 0.1) is 15.9 Å². The standard InChI is InChI=1S/C19H20N2O5S/c1-12-9-13(2)18(14(3)10-12)27(24,25)21-16-8-6-5-7-15(16)20(19(21)23)17(22)11-26-4/h5-10H,11H2,1-4H3. The molecule has 1 aromatic heterocycles. The molecule has 0 atom stereocenters. The molecule has 7 nitrogen and oxygen atoms in total. The average Bonchev–Trinajstić information content (AvgIpc) is 2.86. The Morgan fingerprint density at radius 3 is 2.15 bits per heavy atom. The maximum absolute atomic E-state index is 13.4. The zero-order chi connectivity index (χ0) is 19.9. The smallest absolute Gasteiger partial charge is 0.350 e. The fraction of sp³-hybridized carbons (Fsp3) is 0.263. The normalized spacial score (nSPS) is 11.9. The molecule has 27 heavy (non-hydrogen) atoms. The van der Waals surface area contributed by atoms with Gasteiger partial charge < -0.3 is 4.74 Å². The van der Waals surface area contributed by atoms with E-state index in [-0.39, 0.29) is 22.5 Å². The number of ether oxygens (including phenoxy) is 1. The number of nitrogens with zero attached hydrogens (tertiary/aromatic N) is 2. The van der Waals surface area contributed by atoms with Crippen LogP contribution in [0.3, 0.4) is 0 Å². The van der Waals surface area contributed by atoms with Crippen molar-refractivity contribution in [3.63, 3.8) is 0 Å². The van der Waals surface area contributed by atoms with Gasteiger partial charge in [-0.05, 0) is 44.0 Å². The zero-order valence-electron chi connectivity index (χ0n) is 15.5. The Kier molecular flexibility index (Phi) is 4.79. The molecule has 0 spiro atoms. The number of hydrogen-bond acceptors (Lipinski definition) is 5. The number of aryl methyl sites for hydroxylation is 3. The van der Waals surface area contributed by atoms with Crippen molar-refractivity contribution < 1.29 is 17.9 Å². The first-order valence-electron chi connectivity index (χ1n) is 8.28. The van der Waals surface area contributed by atoms with Crippen molar-refractivity contribution in [2.45, 2.75) is 25.7 Å². The summed E-state index contributed by atoms with van der Waals surface area (Å²) < 4.78 is 33.2. The van der Waals surface area contributed by atoms with Crippen LogP contribution in [0, 0.1) is 20.8 Å². The summed E-state index contributed by atoms with van der Waals surface area (Å²) >= 11 is 0. The van der Waals surface area contributed by atoms with E-state index < -0.39 is 21.6 Å². The van der Waals surface area contributed by atoms with Crippen LogP contribution >= 0.6 is 0 Å². The van der Waals surface area contributed by atoms with Crippen LogP contribution in [0.25, 0.3) is 11.0 Å². The number of methoxy groups -OCH3 is 1. The first-order valence-corrected chi connectivity index (χ1v) is 9.72. The molecule has 0 saturated heterocycles. The minimum Gasteiger partial charge on any atom is -0.375 e. The molecule has 1 heterocycles. The highest BCUT2D eigenvalue weighted by atomic mass is 32.2. The van der Waals surface area contributed by atoms with E-state index in [0.717, 1.165) is 10.1 Å². The third-order valence-electron chi connectivity index (χ3n) is 4.33. The number of rotatable bonds is 4. The first-order chi connectivity index (χ1) is 12.7. The van der Waals surface area contributed by atoms with Crippen molar-refractivity contribution in [1.82, 2.24) is 8.54 Å². The number of benzene rings is 2. The molecule has 142 valence electrons.